The van der Waals surface area contributed by atoms with E-state index in [-0.39, 0.29) is 23.1 Å². The van der Waals surface area contributed by atoms with E-state index in [0.717, 1.165) is 17.7 Å². The number of hydrogen-bond donors (Lipinski definition) is 1. The van der Waals surface area contributed by atoms with Crippen molar-refractivity contribution >= 4 is 27.5 Å². The third-order valence-electron chi connectivity index (χ3n) is 5.21. The summed E-state index contributed by atoms with van der Waals surface area (Å²) < 4.78 is 25.3. The highest BCUT2D eigenvalue weighted by Gasteiger charge is 2.31. The van der Waals surface area contributed by atoms with Gasteiger partial charge in [-0.2, -0.15) is 10.4 Å². The van der Waals surface area contributed by atoms with Gasteiger partial charge in [0.05, 0.1) is 23.2 Å². The number of nitriles is 1. The molecule has 1 atom stereocenters. The van der Waals surface area contributed by atoms with Gasteiger partial charge in [-0.05, 0) is 50.5 Å². The average Bonchev–Trinajstić information content (AvgIpc) is 3.19. The van der Waals surface area contributed by atoms with Crippen LogP contribution in [-0.4, -0.2) is 35.6 Å². The standard InChI is InChI=1S/C21H24N4O3S/c1-4-16-5-7-18(8-6-16)23-21(26)17(12-22)11-20-14(2)24-25(15(20)3)19-9-10-29(27,28)13-19/h5-8,11,19H,4,9-10,13H2,1-3H3,(H,23,26)/b17-11+/t19-/m1/s1. The Labute approximate surface area is 171 Å². The maximum Gasteiger partial charge on any atom is 0.266 e. The summed E-state index contributed by atoms with van der Waals surface area (Å²) in [7, 11) is -3.04. The molecule has 1 saturated heterocycles. The lowest BCUT2D eigenvalue weighted by Gasteiger charge is -2.11. The van der Waals surface area contributed by atoms with Gasteiger partial charge in [-0.15, -0.1) is 0 Å². The minimum Gasteiger partial charge on any atom is -0.321 e. The van der Waals surface area contributed by atoms with Crippen molar-refractivity contribution in [3.8, 4) is 6.07 Å². The second-order valence-electron chi connectivity index (χ2n) is 7.26. The number of carbonyl (C=O) groups is 1. The highest BCUT2D eigenvalue weighted by atomic mass is 32.2. The lowest BCUT2D eigenvalue weighted by atomic mass is 10.1. The zero-order valence-electron chi connectivity index (χ0n) is 16.8. The molecule has 0 aliphatic carbocycles. The number of anilines is 1. The molecule has 0 saturated carbocycles. The molecule has 3 rings (SSSR count). The van der Waals surface area contributed by atoms with E-state index in [4.69, 9.17) is 0 Å². The summed E-state index contributed by atoms with van der Waals surface area (Å²) in [5.74, 6) is -0.270. The fraction of sp³-hybridized carbons (Fsp3) is 0.381. The number of sulfone groups is 1. The van der Waals surface area contributed by atoms with Gasteiger partial charge in [0.25, 0.3) is 5.91 Å². The molecule has 29 heavy (non-hydrogen) atoms. The molecule has 0 bridgehead atoms. The molecule has 2 heterocycles. The fourth-order valence-electron chi connectivity index (χ4n) is 3.52. The highest BCUT2D eigenvalue weighted by Crippen LogP contribution is 2.27. The second-order valence-corrected chi connectivity index (χ2v) is 9.49. The van der Waals surface area contributed by atoms with E-state index in [1.807, 2.05) is 25.1 Å². The Morgan fingerprint density at radius 2 is 2.03 bits per heavy atom. The van der Waals surface area contributed by atoms with Crippen molar-refractivity contribution in [1.82, 2.24) is 9.78 Å². The lowest BCUT2D eigenvalue weighted by molar-refractivity contribution is -0.112. The first-order valence-electron chi connectivity index (χ1n) is 9.52. The van der Waals surface area contributed by atoms with Crippen LogP contribution in [0.5, 0.6) is 0 Å². The van der Waals surface area contributed by atoms with Crippen LogP contribution < -0.4 is 5.32 Å². The SMILES string of the molecule is CCc1ccc(NC(=O)/C(C#N)=C/c2c(C)nn([C@@H]3CCS(=O)(=O)C3)c2C)cc1. The van der Waals surface area contributed by atoms with Crippen LogP contribution in [0.1, 0.15) is 41.9 Å². The largest absolute Gasteiger partial charge is 0.321 e. The van der Waals surface area contributed by atoms with E-state index in [1.165, 1.54) is 6.08 Å². The van der Waals surface area contributed by atoms with Gasteiger partial charge in [0.15, 0.2) is 9.84 Å². The maximum atomic E-state index is 12.6. The van der Waals surface area contributed by atoms with E-state index in [9.17, 15) is 18.5 Å². The zero-order chi connectivity index (χ0) is 21.2. The number of aryl methyl sites for hydroxylation is 2. The quantitative estimate of drug-likeness (QED) is 0.600. The number of aromatic nitrogens is 2. The van der Waals surface area contributed by atoms with Crippen LogP contribution in [-0.2, 0) is 21.1 Å². The molecule has 1 aliphatic rings. The minimum absolute atomic E-state index is 0.0330. The van der Waals surface area contributed by atoms with Crippen molar-refractivity contribution < 1.29 is 13.2 Å². The highest BCUT2D eigenvalue weighted by molar-refractivity contribution is 7.91. The number of hydrogen-bond acceptors (Lipinski definition) is 5. The van der Waals surface area contributed by atoms with Crippen molar-refractivity contribution in [2.75, 3.05) is 16.8 Å². The lowest BCUT2D eigenvalue weighted by Crippen LogP contribution is -2.14. The van der Waals surface area contributed by atoms with E-state index in [0.29, 0.717) is 23.4 Å². The van der Waals surface area contributed by atoms with Gasteiger partial charge in [-0.3, -0.25) is 9.48 Å². The van der Waals surface area contributed by atoms with Gasteiger partial charge in [-0.1, -0.05) is 19.1 Å². The summed E-state index contributed by atoms with van der Waals surface area (Å²) in [4.78, 5) is 12.6. The fourth-order valence-corrected chi connectivity index (χ4v) is 5.22. The molecule has 7 nitrogen and oxygen atoms in total. The molecule has 1 amide bonds. The van der Waals surface area contributed by atoms with Gasteiger partial charge >= 0.3 is 0 Å². The van der Waals surface area contributed by atoms with Gasteiger partial charge in [0.1, 0.15) is 11.6 Å². The zero-order valence-corrected chi connectivity index (χ0v) is 17.6. The van der Waals surface area contributed by atoms with Crippen molar-refractivity contribution in [3.05, 3.63) is 52.4 Å². The Morgan fingerprint density at radius 1 is 1.34 bits per heavy atom. The van der Waals surface area contributed by atoms with Crippen molar-refractivity contribution in [1.29, 1.82) is 5.26 Å². The first-order chi connectivity index (χ1) is 13.7. The van der Waals surface area contributed by atoms with Crippen LogP contribution in [0, 0.1) is 25.2 Å². The predicted octanol–water partition coefficient (Wildman–Crippen LogP) is 2.97. The van der Waals surface area contributed by atoms with Gasteiger partial charge in [-0.25, -0.2) is 8.42 Å². The molecule has 0 radical (unpaired) electrons. The van der Waals surface area contributed by atoms with Crippen molar-refractivity contribution in [3.63, 3.8) is 0 Å². The third-order valence-corrected chi connectivity index (χ3v) is 6.96. The molecular weight excluding hydrogens is 388 g/mol. The van der Waals surface area contributed by atoms with Crippen molar-refractivity contribution in [2.45, 2.75) is 39.7 Å². The maximum absolute atomic E-state index is 12.6. The second kappa shape index (κ2) is 8.21. The van der Waals surface area contributed by atoms with Gasteiger partial charge < -0.3 is 5.32 Å². The molecule has 1 aromatic heterocycles. The van der Waals surface area contributed by atoms with E-state index in [1.54, 1.807) is 23.7 Å². The van der Waals surface area contributed by atoms with E-state index in [2.05, 4.69) is 17.3 Å². The van der Waals surface area contributed by atoms with Crippen LogP contribution in [0.3, 0.4) is 0 Å². The Kier molecular flexibility index (Phi) is 5.89. The Bertz CT molecular complexity index is 1110. The molecule has 1 aliphatic heterocycles. The molecule has 1 N–H and O–H groups in total. The topological polar surface area (TPSA) is 105 Å². The average molecular weight is 413 g/mol. The number of nitrogens with zero attached hydrogens (tertiary/aromatic N) is 3. The Balaban J connectivity index is 1.85. The predicted molar refractivity (Wildman–Crippen MR) is 112 cm³/mol. The third kappa shape index (κ3) is 4.57. The molecule has 1 fully saturated rings. The van der Waals surface area contributed by atoms with Crippen molar-refractivity contribution in [2.24, 2.45) is 0 Å². The van der Waals surface area contributed by atoms with Crippen LogP contribution in [0.15, 0.2) is 29.8 Å². The molecule has 8 heteroatoms. The summed E-state index contributed by atoms with van der Waals surface area (Å²) in [5, 5.41) is 16.7. The summed E-state index contributed by atoms with van der Waals surface area (Å²) in [5.41, 5.74) is 3.81. The van der Waals surface area contributed by atoms with Gasteiger partial charge in [0, 0.05) is 16.9 Å². The number of nitrogens with one attached hydrogen (secondary N) is 1. The van der Waals surface area contributed by atoms with Crippen LogP contribution in [0.4, 0.5) is 5.69 Å². The number of benzene rings is 1. The molecular formula is C21H24N4O3S. The first kappa shape index (κ1) is 20.8. The summed E-state index contributed by atoms with van der Waals surface area (Å²) in [6.07, 6.45) is 2.95. The number of amides is 1. The minimum atomic E-state index is -3.04. The molecule has 0 unspecified atom stereocenters. The molecule has 0 spiro atoms. The molecule has 1 aromatic carbocycles. The first-order valence-corrected chi connectivity index (χ1v) is 11.3. The van der Waals surface area contributed by atoms with E-state index < -0.39 is 15.7 Å². The molecule has 2 aromatic rings. The summed E-state index contributed by atoms with van der Waals surface area (Å²) in [6, 6.07) is 9.22. The van der Waals surface area contributed by atoms with Crippen LogP contribution >= 0.6 is 0 Å². The van der Waals surface area contributed by atoms with Crippen LogP contribution in [0.25, 0.3) is 6.08 Å². The molecule has 152 valence electrons. The monoisotopic (exact) mass is 412 g/mol. The van der Waals surface area contributed by atoms with E-state index >= 15 is 0 Å². The number of rotatable bonds is 5. The Hall–Kier alpha value is -2.92. The van der Waals surface area contributed by atoms with Gasteiger partial charge in [0.2, 0.25) is 0 Å². The van der Waals surface area contributed by atoms with Crippen LogP contribution in [0.2, 0.25) is 0 Å². The normalized spacial score (nSPS) is 18.4. The summed E-state index contributed by atoms with van der Waals surface area (Å²) >= 11 is 0. The smallest absolute Gasteiger partial charge is 0.266 e. The Morgan fingerprint density at radius 3 is 2.59 bits per heavy atom. The summed E-state index contributed by atoms with van der Waals surface area (Å²) in [6.45, 7) is 5.66. The number of carbonyl (C=O) groups excluding carboxylic acids is 1.